The quantitative estimate of drug-likeness (QED) is 0.615. The second kappa shape index (κ2) is 7.57. The van der Waals surface area contributed by atoms with Crippen molar-refractivity contribution in [1.82, 2.24) is 4.98 Å². The van der Waals surface area contributed by atoms with Gasteiger partial charge in [-0.3, -0.25) is 14.9 Å². The number of unbranched alkanes of at least 4 members (excludes halogenated alkanes) is 1. The molecule has 0 fully saturated rings. The van der Waals surface area contributed by atoms with Crippen LogP contribution in [-0.4, -0.2) is 28.6 Å². The van der Waals surface area contributed by atoms with Crippen LogP contribution in [0, 0.1) is 10.1 Å². The first-order valence-electron chi connectivity index (χ1n) is 6.37. The minimum atomic E-state index is -4.56. The highest BCUT2D eigenvalue weighted by Gasteiger charge is 2.29. The van der Waals surface area contributed by atoms with E-state index >= 15 is 0 Å². The number of carbonyl (C=O) groups excluding carboxylic acids is 1. The molecule has 0 aromatic carbocycles. The predicted octanol–water partition coefficient (Wildman–Crippen LogP) is 3.06. The van der Waals surface area contributed by atoms with Gasteiger partial charge in [0.15, 0.2) is 6.61 Å². The van der Waals surface area contributed by atoms with Crippen LogP contribution in [-0.2, 0) is 4.79 Å². The number of alkyl halides is 3. The molecule has 0 atom stereocenters. The van der Waals surface area contributed by atoms with Gasteiger partial charge in [-0.1, -0.05) is 13.3 Å². The van der Waals surface area contributed by atoms with Gasteiger partial charge in [0, 0.05) is 18.6 Å². The standard InChI is InChI=1S/C12H14F3N3O4/c1-2-3-4-9(19)16-11-8(18(20)21)5-6-10(17-11)22-7-12(13,14)15/h5-6H,2-4,7H2,1H3,(H,16,17,19). The summed E-state index contributed by atoms with van der Waals surface area (Å²) in [5.74, 6) is -1.41. The van der Waals surface area contributed by atoms with E-state index in [1.165, 1.54) is 0 Å². The number of hydrogen-bond acceptors (Lipinski definition) is 5. The summed E-state index contributed by atoms with van der Waals surface area (Å²) in [4.78, 5) is 25.2. The molecule has 0 bridgehead atoms. The lowest BCUT2D eigenvalue weighted by atomic mass is 10.2. The molecule has 1 aromatic rings. The minimum absolute atomic E-state index is 0.128. The highest BCUT2D eigenvalue weighted by molar-refractivity contribution is 5.91. The van der Waals surface area contributed by atoms with Crippen LogP contribution in [0.3, 0.4) is 0 Å². The lowest BCUT2D eigenvalue weighted by Gasteiger charge is -2.10. The molecule has 0 aliphatic rings. The molecule has 0 saturated heterocycles. The van der Waals surface area contributed by atoms with Crippen molar-refractivity contribution in [2.24, 2.45) is 0 Å². The zero-order chi connectivity index (χ0) is 16.8. The SMILES string of the molecule is CCCCC(=O)Nc1nc(OCC(F)(F)F)ccc1[N+](=O)[O-]. The molecule has 1 rings (SSSR count). The first-order valence-corrected chi connectivity index (χ1v) is 6.37. The number of nitrogens with one attached hydrogen (secondary N) is 1. The van der Waals surface area contributed by atoms with Gasteiger partial charge in [0.05, 0.1) is 4.92 Å². The van der Waals surface area contributed by atoms with Gasteiger partial charge in [-0.05, 0) is 6.42 Å². The van der Waals surface area contributed by atoms with E-state index in [0.29, 0.717) is 6.42 Å². The van der Waals surface area contributed by atoms with Gasteiger partial charge in [-0.15, -0.1) is 0 Å². The molecular formula is C12H14F3N3O4. The third-order valence-electron chi connectivity index (χ3n) is 2.44. The molecule has 0 radical (unpaired) electrons. The van der Waals surface area contributed by atoms with Crippen LogP contribution >= 0.6 is 0 Å². The Morgan fingerprint density at radius 2 is 2.14 bits per heavy atom. The number of nitrogens with zero attached hydrogens (tertiary/aromatic N) is 2. The van der Waals surface area contributed by atoms with Crippen molar-refractivity contribution in [3.8, 4) is 5.88 Å². The molecule has 0 aliphatic heterocycles. The maximum atomic E-state index is 12.1. The van der Waals surface area contributed by atoms with Crippen molar-refractivity contribution in [2.75, 3.05) is 11.9 Å². The Kier molecular flexibility index (Phi) is 6.08. The molecule has 1 aromatic heterocycles. The summed E-state index contributed by atoms with van der Waals surface area (Å²) in [6.07, 6.45) is -3.11. The van der Waals surface area contributed by atoms with Crippen molar-refractivity contribution in [3.63, 3.8) is 0 Å². The lowest BCUT2D eigenvalue weighted by molar-refractivity contribution is -0.384. The Labute approximate surface area is 123 Å². The fourth-order valence-electron chi connectivity index (χ4n) is 1.44. The number of nitro groups is 1. The molecular weight excluding hydrogens is 307 g/mol. The summed E-state index contributed by atoms with van der Waals surface area (Å²) < 4.78 is 40.6. The monoisotopic (exact) mass is 321 g/mol. The molecule has 0 spiro atoms. The zero-order valence-electron chi connectivity index (χ0n) is 11.6. The summed E-state index contributed by atoms with van der Waals surface area (Å²) >= 11 is 0. The molecule has 1 N–H and O–H groups in total. The lowest BCUT2D eigenvalue weighted by Crippen LogP contribution is -2.20. The summed E-state index contributed by atoms with van der Waals surface area (Å²) in [5.41, 5.74) is -0.524. The van der Waals surface area contributed by atoms with Gasteiger partial charge < -0.3 is 10.1 Å². The van der Waals surface area contributed by atoms with E-state index < -0.39 is 41.0 Å². The van der Waals surface area contributed by atoms with Crippen molar-refractivity contribution in [3.05, 3.63) is 22.2 Å². The van der Waals surface area contributed by atoms with Crippen LogP contribution in [0.5, 0.6) is 5.88 Å². The molecule has 22 heavy (non-hydrogen) atoms. The smallest absolute Gasteiger partial charge is 0.422 e. The molecule has 0 saturated carbocycles. The number of rotatable bonds is 7. The van der Waals surface area contributed by atoms with E-state index in [1.807, 2.05) is 6.92 Å². The Balaban J connectivity index is 2.90. The average molecular weight is 321 g/mol. The number of anilines is 1. The first-order chi connectivity index (χ1) is 10.2. The zero-order valence-corrected chi connectivity index (χ0v) is 11.6. The van der Waals surface area contributed by atoms with E-state index in [4.69, 9.17) is 0 Å². The third-order valence-corrected chi connectivity index (χ3v) is 2.44. The number of amides is 1. The Bertz CT molecular complexity index is 549. The maximum absolute atomic E-state index is 12.1. The van der Waals surface area contributed by atoms with Crippen molar-refractivity contribution >= 4 is 17.4 Å². The predicted molar refractivity (Wildman–Crippen MR) is 70.6 cm³/mol. The molecule has 7 nitrogen and oxygen atoms in total. The molecule has 1 heterocycles. The second-order valence-corrected chi connectivity index (χ2v) is 4.33. The fourth-order valence-corrected chi connectivity index (χ4v) is 1.44. The van der Waals surface area contributed by atoms with Crippen LogP contribution in [0.15, 0.2) is 12.1 Å². The number of pyridine rings is 1. The largest absolute Gasteiger partial charge is 0.468 e. The summed E-state index contributed by atoms with van der Waals surface area (Å²) in [6, 6.07) is 1.86. The van der Waals surface area contributed by atoms with Crippen molar-refractivity contribution < 1.29 is 27.6 Å². The molecule has 1 amide bonds. The van der Waals surface area contributed by atoms with Gasteiger partial charge in [-0.2, -0.15) is 18.2 Å². The van der Waals surface area contributed by atoms with Crippen LogP contribution in [0.25, 0.3) is 0 Å². The van der Waals surface area contributed by atoms with E-state index in [2.05, 4.69) is 15.0 Å². The molecule has 0 unspecified atom stereocenters. The van der Waals surface area contributed by atoms with E-state index in [1.54, 1.807) is 0 Å². The fraction of sp³-hybridized carbons (Fsp3) is 0.500. The number of aromatic nitrogens is 1. The van der Waals surface area contributed by atoms with E-state index in [0.717, 1.165) is 18.6 Å². The Hall–Kier alpha value is -2.39. The number of hydrogen-bond donors (Lipinski definition) is 1. The summed E-state index contributed by atoms with van der Waals surface area (Å²) in [7, 11) is 0. The van der Waals surface area contributed by atoms with Crippen LogP contribution in [0.4, 0.5) is 24.7 Å². The third kappa shape index (κ3) is 5.94. The van der Waals surface area contributed by atoms with Crippen molar-refractivity contribution in [2.45, 2.75) is 32.4 Å². The van der Waals surface area contributed by atoms with Crippen LogP contribution < -0.4 is 10.1 Å². The average Bonchev–Trinajstić information content (AvgIpc) is 2.42. The van der Waals surface area contributed by atoms with E-state index in [9.17, 15) is 28.1 Å². The number of carbonyl (C=O) groups is 1. The second-order valence-electron chi connectivity index (χ2n) is 4.33. The molecule has 122 valence electrons. The Morgan fingerprint density at radius 3 is 2.68 bits per heavy atom. The van der Waals surface area contributed by atoms with Gasteiger partial charge in [-0.25, -0.2) is 0 Å². The molecule has 10 heteroatoms. The summed E-state index contributed by atoms with van der Waals surface area (Å²) in [6.45, 7) is 0.278. The van der Waals surface area contributed by atoms with Gasteiger partial charge in [0.1, 0.15) is 0 Å². The normalized spacial score (nSPS) is 11.1. The van der Waals surface area contributed by atoms with E-state index in [-0.39, 0.29) is 6.42 Å². The minimum Gasteiger partial charge on any atom is -0.468 e. The van der Waals surface area contributed by atoms with Gasteiger partial charge >= 0.3 is 11.9 Å². The summed E-state index contributed by atoms with van der Waals surface area (Å²) in [5, 5.41) is 13.1. The first kappa shape index (κ1) is 17.7. The van der Waals surface area contributed by atoms with Crippen LogP contribution in [0.1, 0.15) is 26.2 Å². The Morgan fingerprint density at radius 1 is 1.45 bits per heavy atom. The number of ether oxygens (including phenoxy) is 1. The highest BCUT2D eigenvalue weighted by Crippen LogP contribution is 2.26. The number of halogens is 3. The highest BCUT2D eigenvalue weighted by atomic mass is 19.4. The van der Waals surface area contributed by atoms with Gasteiger partial charge in [0.2, 0.25) is 17.6 Å². The topological polar surface area (TPSA) is 94.4 Å². The van der Waals surface area contributed by atoms with Crippen molar-refractivity contribution in [1.29, 1.82) is 0 Å². The molecule has 0 aliphatic carbocycles. The van der Waals surface area contributed by atoms with Crippen LogP contribution in [0.2, 0.25) is 0 Å². The maximum Gasteiger partial charge on any atom is 0.422 e. The van der Waals surface area contributed by atoms with Gasteiger partial charge in [0.25, 0.3) is 0 Å².